The Labute approximate surface area is 200 Å². The summed E-state index contributed by atoms with van der Waals surface area (Å²) in [5.74, 6) is -0.397. The van der Waals surface area contributed by atoms with Gasteiger partial charge in [0.25, 0.3) is 5.91 Å². The number of carbonyl (C=O) groups is 1. The summed E-state index contributed by atoms with van der Waals surface area (Å²) in [7, 11) is -3.62. The second-order valence-electron chi connectivity index (χ2n) is 10.8. The Morgan fingerprint density at radius 2 is 1.85 bits per heavy atom. The van der Waals surface area contributed by atoms with Crippen LogP contribution < -0.4 is 5.43 Å². The lowest BCUT2D eigenvalue weighted by atomic mass is 9.65. The summed E-state index contributed by atoms with van der Waals surface area (Å²) < 4.78 is 28.5. The lowest BCUT2D eigenvalue weighted by Gasteiger charge is -2.39. The summed E-state index contributed by atoms with van der Waals surface area (Å²) in [6, 6.07) is 14.0. The van der Waals surface area contributed by atoms with Gasteiger partial charge in [0.1, 0.15) is 0 Å². The maximum Gasteiger partial charge on any atom is 0.271 e. The van der Waals surface area contributed by atoms with Gasteiger partial charge in [0.15, 0.2) is 0 Å². The molecule has 1 aliphatic carbocycles. The van der Waals surface area contributed by atoms with Crippen LogP contribution >= 0.6 is 0 Å². The third-order valence-corrected chi connectivity index (χ3v) is 8.99. The van der Waals surface area contributed by atoms with Crippen LogP contribution in [-0.2, 0) is 10.0 Å². The normalized spacial score (nSPS) is 24.6. The number of nitrogens with zero attached hydrogens (tertiary/aromatic N) is 2. The fourth-order valence-electron chi connectivity index (χ4n) is 6.03. The van der Waals surface area contributed by atoms with Gasteiger partial charge >= 0.3 is 0 Å². The first-order chi connectivity index (χ1) is 16.1. The van der Waals surface area contributed by atoms with Crippen molar-refractivity contribution >= 4 is 33.0 Å². The molecule has 1 saturated carbocycles. The van der Waals surface area contributed by atoms with E-state index in [2.05, 4.69) is 36.3 Å². The van der Waals surface area contributed by atoms with Crippen molar-refractivity contribution in [3.63, 3.8) is 0 Å². The number of aromatic nitrogens is 1. The summed E-state index contributed by atoms with van der Waals surface area (Å²) in [4.78, 5) is 15.9. The summed E-state index contributed by atoms with van der Waals surface area (Å²) in [5.41, 5.74) is 4.88. The van der Waals surface area contributed by atoms with Crippen molar-refractivity contribution in [2.45, 2.75) is 51.0 Å². The van der Waals surface area contributed by atoms with E-state index in [1.54, 1.807) is 10.5 Å². The van der Waals surface area contributed by atoms with Gasteiger partial charge in [-0.25, -0.2) is 13.8 Å². The maximum absolute atomic E-state index is 13.4. The summed E-state index contributed by atoms with van der Waals surface area (Å²) in [6.45, 7) is 7.19. The van der Waals surface area contributed by atoms with Crippen molar-refractivity contribution in [3.8, 4) is 0 Å². The highest BCUT2D eigenvalue weighted by molar-refractivity contribution is 7.89. The zero-order chi connectivity index (χ0) is 24.1. The minimum absolute atomic E-state index is 0.0160. The number of nitrogens with one attached hydrogen (secondary N) is 2. The summed E-state index contributed by atoms with van der Waals surface area (Å²) >= 11 is 0. The molecule has 2 heterocycles. The Morgan fingerprint density at radius 1 is 1.12 bits per heavy atom. The molecule has 0 unspecified atom stereocenters. The molecule has 7 nitrogen and oxygen atoms in total. The van der Waals surface area contributed by atoms with Crippen LogP contribution in [0, 0.1) is 10.8 Å². The first-order valence-corrected chi connectivity index (χ1v) is 13.0. The predicted octanol–water partition coefficient (Wildman–Crippen LogP) is 4.52. The molecule has 2 aliphatic rings. The number of para-hydroxylation sites is 1. The van der Waals surface area contributed by atoms with Crippen molar-refractivity contribution in [2.75, 3.05) is 6.54 Å². The van der Waals surface area contributed by atoms with E-state index in [1.165, 1.54) is 24.3 Å². The van der Waals surface area contributed by atoms with Gasteiger partial charge in [0.2, 0.25) is 10.0 Å². The summed E-state index contributed by atoms with van der Waals surface area (Å²) in [5, 5.41) is 5.07. The van der Waals surface area contributed by atoms with Gasteiger partial charge in [-0.15, -0.1) is 0 Å². The lowest BCUT2D eigenvalue weighted by molar-refractivity contribution is 0.0955. The van der Waals surface area contributed by atoms with E-state index in [1.807, 2.05) is 30.5 Å². The predicted molar refractivity (Wildman–Crippen MR) is 133 cm³/mol. The molecular weight excluding hydrogens is 448 g/mol. The van der Waals surface area contributed by atoms with Gasteiger partial charge in [0, 0.05) is 40.8 Å². The Hall–Kier alpha value is -2.97. The van der Waals surface area contributed by atoms with Crippen LogP contribution in [0.15, 0.2) is 64.7 Å². The molecule has 2 aromatic carbocycles. The highest BCUT2D eigenvalue weighted by Gasteiger charge is 2.53. The number of amides is 1. The number of rotatable bonds is 5. The second-order valence-corrected chi connectivity index (χ2v) is 12.7. The second kappa shape index (κ2) is 8.06. The number of benzene rings is 2. The third-order valence-electron chi connectivity index (χ3n) is 7.08. The van der Waals surface area contributed by atoms with Crippen LogP contribution in [0.3, 0.4) is 0 Å². The molecule has 2 fully saturated rings. The van der Waals surface area contributed by atoms with Crippen LogP contribution in [0.1, 0.15) is 56.0 Å². The van der Waals surface area contributed by atoms with E-state index < -0.39 is 15.9 Å². The van der Waals surface area contributed by atoms with Crippen molar-refractivity contribution < 1.29 is 13.2 Å². The fourth-order valence-corrected chi connectivity index (χ4v) is 7.80. The minimum Gasteiger partial charge on any atom is -0.361 e. The van der Waals surface area contributed by atoms with E-state index in [0.717, 1.165) is 35.7 Å². The zero-order valence-electron chi connectivity index (χ0n) is 19.7. The monoisotopic (exact) mass is 478 g/mol. The molecule has 5 rings (SSSR count). The number of hydrogen-bond acceptors (Lipinski definition) is 4. The molecule has 178 valence electrons. The molecule has 2 bridgehead atoms. The fraction of sp³-hybridized carbons (Fsp3) is 0.385. The Kier molecular flexibility index (Phi) is 5.41. The molecule has 2 atom stereocenters. The van der Waals surface area contributed by atoms with Gasteiger partial charge in [-0.2, -0.15) is 9.41 Å². The minimum atomic E-state index is -3.62. The molecular formula is C26H30N4O3S. The summed E-state index contributed by atoms with van der Waals surface area (Å²) in [6.07, 6.45) is 6.22. The molecule has 1 amide bonds. The van der Waals surface area contributed by atoms with E-state index in [4.69, 9.17) is 0 Å². The number of sulfonamides is 1. The van der Waals surface area contributed by atoms with Crippen molar-refractivity contribution in [1.29, 1.82) is 0 Å². The Balaban J connectivity index is 1.28. The van der Waals surface area contributed by atoms with Gasteiger partial charge in [-0.05, 0) is 60.4 Å². The molecule has 1 aromatic heterocycles. The van der Waals surface area contributed by atoms with Crippen LogP contribution in [0.5, 0.6) is 0 Å². The van der Waals surface area contributed by atoms with Gasteiger partial charge in [-0.3, -0.25) is 4.79 Å². The van der Waals surface area contributed by atoms with E-state index in [9.17, 15) is 13.2 Å². The van der Waals surface area contributed by atoms with Crippen molar-refractivity contribution in [1.82, 2.24) is 14.7 Å². The van der Waals surface area contributed by atoms with E-state index in [-0.39, 0.29) is 21.8 Å². The largest absolute Gasteiger partial charge is 0.361 e. The van der Waals surface area contributed by atoms with Gasteiger partial charge in [-0.1, -0.05) is 39.0 Å². The topological polar surface area (TPSA) is 94.6 Å². The first kappa shape index (κ1) is 22.8. The number of H-pyrrole nitrogens is 1. The molecule has 0 spiro atoms. The van der Waals surface area contributed by atoms with Crippen LogP contribution in [0.25, 0.3) is 10.9 Å². The highest BCUT2D eigenvalue weighted by atomic mass is 32.2. The zero-order valence-corrected chi connectivity index (χ0v) is 20.5. The molecule has 0 radical (unpaired) electrons. The SMILES string of the molecule is CC1(C)C[C@H]2C[C@@](C)(CN2S(=O)(=O)c2ccc(C(=O)N/N=C\c3c[nH]c4ccccc34)cc2)C1. The van der Waals surface area contributed by atoms with Crippen LogP contribution in [0.4, 0.5) is 0 Å². The maximum atomic E-state index is 13.4. The average molecular weight is 479 g/mol. The standard InChI is InChI=1S/C26H30N4O3S/c1-25(2)12-20-13-26(3,16-25)17-30(20)34(32,33)21-10-8-18(9-11-21)24(31)29-28-15-19-14-27-23-7-5-4-6-22(19)23/h4-11,14-15,20,27H,12-13,16-17H2,1-3H3,(H,29,31)/b28-15-/t20-,26+/m0/s1. The number of aromatic amines is 1. The molecule has 2 N–H and O–H groups in total. The molecule has 3 aromatic rings. The van der Waals surface area contributed by atoms with E-state index in [0.29, 0.717) is 12.1 Å². The number of fused-ring (bicyclic) bond motifs is 3. The Morgan fingerprint density at radius 3 is 2.62 bits per heavy atom. The van der Waals surface area contributed by atoms with Crippen LogP contribution in [0.2, 0.25) is 0 Å². The first-order valence-electron chi connectivity index (χ1n) is 11.6. The molecule has 8 heteroatoms. The number of carbonyl (C=O) groups excluding carboxylic acids is 1. The van der Waals surface area contributed by atoms with E-state index >= 15 is 0 Å². The highest BCUT2D eigenvalue weighted by Crippen LogP contribution is 2.53. The lowest BCUT2D eigenvalue weighted by Crippen LogP contribution is -2.37. The van der Waals surface area contributed by atoms with Gasteiger partial charge in [0.05, 0.1) is 11.1 Å². The molecule has 34 heavy (non-hydrogen) atoms. The molecule has 1 saturated heterocycles. The number of hydrogen-bond donors (Lipinski definition) is 2. The Bertz CT molecular complexity index is 1370. The quantitative estimate of drug-likeness (QED) is 0.417. The van der Waals surface area contributed by atoms with Crippen LogP contribution in [-0.4, -0.2) is 42.4 Å². The smallest absolute Gasteiger partial charge is 0.271 e. The van der Waals surface area contributed by atoms with Gasteiger partial charge < -0.3 is 4.98 Å². The third kappa shape index (κ3) is 4.16. The average Bonchev–Trinajstić information content (AvgIpc) is 3.31. The van der Waals surface area contributed by atoms with Crippen molar-refractivity contribution in [3.05, 3.63) is 65.9 Å². The number of hydrazone groups is 1. The molecule has 1 aliphatic heterocycles. The van der Waals surface area contributed by atoms with Crippen molar-refractivity contribution in [2.24, 2.45) is 15.9 Å².